The molecule has 1 saturated carbocycles. The Morgan fingerprint density at radius 2 is 1.76 bits per heavy atom. The monoisotopic (exact) mass is 281 g/mol. The highest BCUT2D eigenvalue weighted by Crippen LogP contribution is 2.59. The first-order valence-electron chi connectivity index (χ1n) is 7.51. The van der Waals surface area contributed by atoms with Gasteiger partial charge in [0.2, 0.25) is 0 Å². The summed E-state index contributed by atoms with van der Waals surface area (Å²) in [5.41, 5.74) is 2.95. The quantitative estimate of drug-likeness (QED) is 0.831. The topological polar surface area (TPSA) is 12.5 Å². The van der Waals surface area contributed by atoms with Gasteiger partial charge in [0.15, 0.2) is 0 Å². The molecule has 2 nitrogen and oxygen atoms in total. The molecule has 2 heteroatoms. The molecular formula is C19H23NO. The molecule has 0 aliphatic heterocycles. The smallest absolute Gasteiger partial charge is 0.119 e. The Balaban J connectivity index is 2.02. The van der Waals surface area contributed by atoms with Gasteiger partial charge in [-0.3, -0.25) is 0 Å². The van der Waals surface area contributed by atoms with Crippen molar-refractivity contribution >= 4 is 0 Å². The molecule has 3 rings (SSSR count). The Bertz CT molecular complexity index is 608. The van der Waals surface area contributed by atoms with Crippen LogP contribution in [0.15, 0.2) is 54.6 Å². The summed E-state index contributed by atoms with van der Waals surface area (Å²) in [6, 6.07) is 19.4. The number of methoxy groups -OCH3 is 1. The summed E-state index contributed by atoms with van der Waals surface area (Å²) in [6.45, 7) is 1.12. The van der Waals surface area contributed by atoms with Gasteiger partial charge in [-0.25, -0.2) is 0 Å². The van der Waals surface area contributed by atoms with Crippen LogP contribution in [-0.4, -0.2) is 32.6 Å². The molecule has 2 atom stereocenters. The summed E-state index contributed by atoms with van der Waals surface area (Å²) in [5.74, 6) is 1.61. The van der Waals surface area contributed by atoms with E-state index in [2.05, 4.69) is 67.5 Å². The summed E-state index contributed by atoms with van der Waals surface area (Å²) in [4.78, 5) is 2.29. The van der Waals surface area contributed by atoms with Crippen LogP contribution < -0.4 is 4.74 Å². The van der Waals surface area contributed by atoms with E-state index in [-0.39, 0.29) is 5.41 Å². The first-order valence-corrected chi connectivity index (χ1v) is 7.51. The maximum atomic E-state index is 5.42. The van der Waals surface area contributed by atoms with Crippen LogP contribution in [0.2, 0.25) is 0 Å². The van der Waals surface area contributed by atoms with E-state index in [9.17, 15) is 0 Å². The molecule has 0 saturated heterocycles. The molecule has 2 aromatic rings. The van der Waals surface area contributed by atoms with Gasteiger partial charge in [-0.1, -0.05) is 42.5 Å². The molecule has 0 heterocycles. The lowest BCUT2D eigenvalue weighted by atomic mass is 9.85. The van der Waals surface area contributed by atoms with E-state index in [1.165, 1.54) is 17.5 Å². The third-order valence-electron chi connectivity index (χ3n) is 4.56. The van der Waals surface area contributed by atoms with Crippen LogP contribution >= 0.6 is 0 Å². The van der Waals surface area contributed by atoms with Gasteiger partial charge in [-0.05, 0) is 49.7 Å². The minimum Gasteiger partial charge on any atom is -0.497 e. The lowest BCUT2D eigenvalue weighted by Gasteiger charge is -2.21. The summed E-state index contributed by atoms with van der Waals surface area (Å²) < 4.78 is 5.42. The summed E-state index contributed by atoms with van der Waals surface area (Å²) in [7, 11) is 6.04. The number of ether oxygens (including phenoxy) is 1. The van der Waals surface area contributed by atoms with Crippen molar-refractivity contribution in [2.45, 2.75) is 11.8 Å². The van der Waals surface area contributed by atoms with Crippen molar-refractivity contribution < 1.29 is 4.74 Å². The molecule has 0 N–H and O–H groups in total. The Hall–Kier alpha value is -1.80. The number of benzene rings is 2. The van der Waals surface area contributed by atoms with E-state index in [4.69, 9.17) is 4.74 Å². The summed E-state index contributed by atoms with van der Waals surface area (Å²) >= 11 is 0. The number of nitrogens with zero attached hydrogens (tertiary/aromatic N) is 1. The highest BCUT2D eigenvalue weighted by atomic mass is 16.5. The molecule has 0 aromatic heterocycles. The minimum atomic E-state index is 0.153. The van der Waals surface area contributed by atoms with Crippen molar-refractivity contribution in [1.82, 2.24) is 4.90 Å². The fourth-order valence-electron chi connectivity index (χ4n) is 3.50. The maximum absolute atomic E-state index is 5.42. The normalized spacial score (nSPS) is 24.1. The van der Waals surface area contributed by atoms with Crippen molar-refractivity contribution in [3.05, 3.63) is 65.7 Å². The second-order valence-corrected chi connectivity index (χ2v) is 6.23. The second kappa shape index (κ2) is 5.53. The van der Waals surface area contributed by atoms with E-state index in [0.717, 1.165) is 12.3 Å². The van der Waals surface area contributed by atoms with Crippen LogP contribution in [0.25, 0.3) is 0 Å². The number of hydrogen-bond donors (Lipinski definition) is 0. The van der Waals surface area contributed by atoms with Gasteiger partial charge in [0.1, 0.15) is 5.75 Å². The van der Waals surface area contributed by atoms with Gasteiger partial charge in [0, 0.05) is 12.0 Å². The van der Waals surface area contributed by atoms with E-state index in [1.54, 1.807) is 7.11 Å². The van der Waals surface area contributed by atoms with Crippen molar-refractivity contribution in [2.75, 3.05) is 27.7 Å². The third kappa shape index (κ3) is 2.56. The van der Waals surface area contributed by atoms with Gasteiger partial charge < -0.3 is 9.64 Å². The second-order valence-electron chi connectivity index (χ2n) is 6.23. The number of hydrogen-bond acceptors (Lipinski definition) is 2. The highest BCUT2D eigenvalue weighted by Gasteiger charge is 2.56. The average molecular weight is 281 g/mol. The molecule has 0 spiro atoms. The van der Waals surface area contributed by atoms with Gasteiger partial charge >= 0.3 is 0 Å². The maximum Gasteiger partial charge on any atom is 0.119 e. The van der Waals surface area contributed by atoms with Gasteiger partial charge in [-0.15, -0.1) is 0 Å². The fraction of sp³-hybridized carbons (Fsp3) is 0.368. The summed E-state index contributed by atoms with van der Waals surface area (Å²) in [5, 5.41) is 0. The molecule has 1 aliphatic rings. The largest absolute Gasteiger partial charge is 0.497 e. The summed E-state index contributed by atoms with van der Waals surface area (Å²) in [6.07, 6.45) is 1.21. The molecule has 110 valence electrons. The Morgan fingerprint density at radius 3 is 2.43 bits per heavy atom. The van der Waals surface area contributed by atoms with Crippen LogP contribution in [0.1, 0.15) is 17.5 Å². The Labute approximate surface area is 127 Å². The van der Waals surface area contributed by atoms with Gasteiger partial charge in [0.05, 0.1) is 7.11 Å². The first-order chi connectivity index (χ1) is 10.2. The van der Waals surface area contributed by atoms with Crippen LogP contribution in [0.3, 0.4) is 0 Å². The molecule has 1 fully saturated rings. The first kappa shape index (κ1) is 14.2. The fourth-order valence-corrected chi connectivity index (χ4v) is 3.50. The Morgan fingerprint density at radius 1 is 1.05 bits per heavy atom. The highest BCUT2D eigenvalue weighted by molar-refractivity contribution is 5.49. The van der Waals surface area contributed by atoms with Gasteiger partial charge in [0.25, 0.3) is 0 Å². The van der Waals surface area contributed by atoms with Crippen molar-refractivity contribution in [1.29, 1.82) is 0 Å². The molecule has 0 radical (unpaired) electrons. The van der Waals surface area contributed by atoms with Crippen molar-refractivity contribution in [2.24, 2.45) is 5.92 Å². The predicted molar refractivity (Wildman–Crippen MR) is 86.9 cm³/mol. The molecular weight excluding hydrogens is 258 g/mol. The van der Waals surface area contributed by atoms with E-state index >= 15 is 0 Å². The molecule has 1 aliphatic carbocycles. The average Bonchev–Trinajstić information content (AvgIpc) is 3.22. The van der Waals surface area contributed by atoms with Crippen molar-refractivity contribution in [3.63, 3.8) is 0 Å². The van der Waals surface area contributed by atoms with E-state index < -0.39 is 0 Å². The zero-order valence-electron chi connectivity index (χ0n) is 13.0. The van der Waals surface area contributed by atoms with Gasteiger partial charge in [-0.2, -0.15) is 0 Å². The standard InChI is InChI=1S/C19H23NO/c1-20(2)14-17-13-19(17,15-8-5-4-6-9-15)16-10-7-11-18(12-16)21-3/h4-12,17H,13-14H2,1-3H3. The van der Waals surface area contributed by atoms with Crippen LogP contribution in [0.5, 0.6) is 5.75 Å². The molecule has 2 unspecified atom stereocenters. The predicted octanol–water partition coefficient (Wildman–Crippen LogP) is 3.56. The van der Waals surface area contributed by atoms with Crippen LogP contribution in [0.4, 0.5) is 0 Å². The zero-order valence-corrected chi connectivity index (χ0v) is 13.0. The third-order valence-corrected chi connectivity index (χ3v) is 4.56. The van der Waals surface area contributed by atoms with Crippen molar-refractivity contribution in [3.8, 4) is 5.75 Å². The SMILES string of the molecule is COc1cccc(C2(c3ccccc3)CC2CN(C)C)c1. The molecule has 0 amide bonds. The van der Waals surface area contributed by atoms with E-state index in [1.807, 2.05) is 6.07 Å². The lowest BCUT2D eigenvalue weighted by Crippen LogP contribution is -2.21. The minimum absolute atomic E-state index is 0.153. The molecule has 21 heavy (non-hydrogen) atoms. The Kier molecular flexibility index (Phi) is 3.73. The van der Waals surface area contributed by atoms with Crippen LogP contribution in [0, 0.1) is 5.92 Å². The molecule has 0 bridgehead atoms. The number of rotatable bonds is 5. The lowest BCUT2D eigenvalue weighted by molar-refractivity contribution is 0.376. The van der Waals surface area contributed by atoms with Crippen LogP contribution in [-0.2, 0) is 5.41 Å². The van der Waals surface area contributed by atoms with E-state index in [0.29, 0.717) is 5.92 Å². The zero-order chi connectivity index (χ0) is 14.9. The molecule has 2 aromatic carbocycles.